The summed E-state index contributed by atoms with van der Waals surface area (Å²) in [5, 5.41) is 0. The van der Waals surface area contributed by atoms with Gasteiger partial charge in [0.15, 0.2) is 0 Å². The number of hydrogen-bond donors (Lipinski definition) is 1. The molecule has 3 heteroatoms. The fraction of sp³-hybridized carbons (Fsp3) is 1.00. The van der Waals surface area contributed by atoms with E-state index in [0.29, 0.717) is 12.0 Å². The van der Waals surface area contributed by atoms with Crippen molar-refractivity contribution in [2.45, 2.75) is 40.2 Å². The summed E-state index contributed by atoms with van der Waals surface area (Å²) in [7, 11) is 0. The van der Waals surface area contributed by atoms with Crippen LogP contribution in [0.1, 0.15) is 34.1 Å². The van der Waals surface area contributed by atoms with E-state index in [2.05, 4.69) is 37.5 Å². The molecule has 0 aromatic heterocycles. The van der Waals surface area contributed by atoms with Crippen molar-refractivity contribution in [1.29, 1.82) is 0 Å². The molecule has 0 bridgehead atoms. The maximum atomic E-state index is 6.22. The molecule has 0 spiro atoms. The highest BCUT2D eigenvalue weighted by molar-refractivity contribution is 4.78. The topological polar surface area (TPSA) is 32.5 Å². The third-order valence-corrected chi connectivity index (χ3v) is 3.93. The van der Waals surface area contributed by atoms with Crippen molar-refractivity contribution in [2.24, 2.45) is 17.6 Å². The Bertz CT molecular complexity index is 198. The van der Waals surface area contributed by atoms with Gasteiger partial charge in [0, 0.05) is 45.3 Å². The second-order valence-electron chi connectivity index (χ2n) is 6.04. The molecule has 1 heterocycles. The molecule has 0 unspecified atom stereocenters. The van der Waals surface area contributed by atoms with Gasteiger partial charge in [-0.2, -0.15) is 0 Å². The van der Waals surface area contributed by atoms with E-state index in [0.717, 1.165) is 12.5 Å². The van der Waals surface area contributed by atoms with E-state index in [1.54, 1.807) is 0 Å². The van der Waals surface area contributed by atoms with Crippen LogP contribution in [0.3, 0.4) is 0 Å². The maximum absolute atomic E-state index is 6.22. The minimum atomic E-state index is 0.344. The van der Waals surface area contributed by atoms with Crippen LogP contribution in [-0.2, 0) is 0 Å². The third-order valence-electron chi connectivity index (χ3n) is 3.93. The van der Waals surface area contributed by atoms with Crippen LogP contribution >= 0.6 is 0 Å². The number of nitrogens with two attached hydrogens (primary N) is 1. The highest BCUT2D eigenvalue weighted by Crippen LogP contribution is 2.10. The van der Waals surface area contributed by atoms with Crippen LogP contribution in [0.5, 0.6) is 0 Å². The van der Waals surface area contributed by atoms with Crippen molar-refractivity contribution in [3.8, 4) is 0 Å². The van der Waals surface area contributed by atoms with Gasteiger partial charge in [-0.3, -0.25) is 4.90 Å². The molecule has 1 aliphatic rings. The Morgan fingerprint density at radius 3 is 1.82 bits per heavy atom. The highest BCUT2D eigenvalue weighted by Gasteiger charge is 2.20. The predicted octanol–water partition coefficient (Wildman–Crippen LogP) is 1.63. The normalized spacial score (nSPS) is 22.9. The molecule has 0 amide bonds. The van der Waals surface area contributed by atoms with E-state index < -0.39 is 0 Å². The molecule has 3 nitrogen and oxygen atoms in total. The molecular weight excluding hydrogens is 210 g/mol. The molecule has 0 aromatic rings. The van der Waals surface area contributed by atoms with Gasteiger partial charge >= 0.3 is 0 Å². The Kier molecular flexibility index (Phi) is 6.45. The van der Waals surface area contributed by atoms with Crippen molar-refractivity contribution in [2.75, 3.05) is 39.3 Å². The van der Waals surface area contributed by atoms with E-state index >= 15 is 0 Å². The number of rotatable bonds is 6. The van der Waals surface area contributed by atoms with Crippen molar-refractivity contribution < 1.29 is 0 Å². The Labute approximate surface area is 107 Å². The molecule has 2 N–H and O–H groups in total. The SMILES string of the molecule is CC[C@H](C)[C@@H](N)CN1CCN(CC(C)C)CC1. The largest absolute Gasteiger partial charge is 0.326 e. The molecule has 2 atom stereocenters. The summed E-state index contributed by atoms with van der Waals surface area (Å²) in [6.07, 6.45) is 1.19. The lowest BCUT2D eigenvalue weighted by atomic mass is 9.99. The van der Waals surface area contributed by atoms with Crippen LogP contribution in [0.25, 0.3) is 0 Å². The average Bonchev–Trinajstić information content (AvgIpc) is 2.30. The number of nitrogens with zero attached hydrogens (tertiary/aromatic N) is 2. The van der Waals surface area contributed by atoms with Crippen LogP contribution in [0.15, 0.2) is 0 Å². The number of piperazine rings is 1. The monoisotopic (exact) mass is 241 g/mol. The van der Waals surface area contributed by atoms with Gasteiger partial charge in [-0.1, -0.05) is 34.1 Å². The Balaban J connectivity index is 2.23. The molecule has 1 aliphatic heterocycles. The van der Waals surface area contributed by atoms with Gasteiger partial charge in [0.05, 0.1) is 0 Å². The van der Waals surface area contributed by atoms with Crippen LogP contribution in [0.2, 0.25) is 0 Å². The van der Waals surface area contributed by atoms with Crippen LogP contribution < -0.4 is 5.73 Å². The predicted molar refractivity (Wildman–Crippen MR) is 75.1 cm³/mol. The van der Waals surface area contributed by atoms with Crippen molar-refractivity contribution in [3.05, 3.63) is 0 Å². The van der Waals surface area contributed by atoms with Crippen LogP contribution in [0, 0.1) is 11.8 Å². The molecule has 1 fully saturated rings. The Morgan fingerprint density at radius 2 is 1.41 bits per heavy atom. The second kappa shape index (κ2) is 7.34. The van der Waals surface area contributed by atoms with Crippen LogP contribution in [0.4, 0.5) is 0 Å². The van der Waals surface area contributed by atoms with Crippen molar-refractivity contribution in [1.82, 2.24) is 9.80 Å². The zero-order valence-electron chi connectivity index (χ0n) is 12.2. The zero-order valence-corrected chi connectivity index (χ0v) is 12.2. The molecule has 102 valence electrons. The minimum Gasteiger partial charge on any atom is -0.326 e. The summed E-state index contributed by atoms with van der Waals surface area (Å²) in [6.45, 7) is 16.2. The van der Waals surface area contributed by atoms with Gasteiger partial charge in [0.25, 0.3) is 0 Å². The highest BCUT2D eigenvalue weighted by atomic mass is 15.3. The van der Waals surface area contributed by atoms with E-state index in [9.17, 15) is 0 Å². The molecule has 17 heavy (non-hydrogen) atoms. The van der Waals surface area contributed by atoms with E-state index in [-0.39, 0.29) is 0 Å². The molecule has 1 saturated heterocycles. The van der Waals surface area contributed by atoms with Gasteiger partial charge in [0.1, 0.15) is 0 Å². The summed E-state index contributed by atoms with van der Waals surface area (Å²) in [5.74, 6) is 1.42. The minimum absolute atomic E-state index is 0.344. The summed E-state index contributed by atoms with van der Waals surface area (Å²) < 4.78 is 0. The first-order valence-electron chi connectivity index (χ1n) is 7.23. The molecule has 0 radical (unpaired) electrons. The van der Waals surface area contributed by atoms with Gasteiger partial charge in [-0.15, -0.1) is 0 Å². The molecule has 1 rings (SSSR count). The fourth-order valence-corrected chi connectivity index (χ4v) is 2.45. The van der Waals surface area contributed by atoms with Crippen molar-refractivity contribution >= 4 is 0 Å². The summed E-state index contributed by atoms with van der Waals surface area (Å²) >= 11 is 0. The lowest BCUT2D eigenvalue weighted by Crippen LogP contribution is -2.51. The smallest absolute Gasteiger partial charge is 0.0193 e. The van der Waals surface area contributed by atoms with Crippen molar-refractivity contribution in [3.63, 3.8) is 0 Å². The standard InChI is InChI=1S/C14H31N3/c1-5-13(4)14(15)11-17-8-6-16(7-9-17)10-12(2)3/h12-14H,5-11,15H2,1-4H3/t13-,14-/m0/s1. The van der Waals surface area contributed by atoms with Gasteiger partial charge in [-0.05, 0) is 11.8 Å². The molecule has 0 saturated carbocycles. The Morgan fingerprint density at radius 1 is 0.941 bits per heavy atom. The summed E-state index contributed by atoms with van der Waals surface area (Å²) in [6, 6.07) is 0.344. The lowest BCUT2D eigenvalue weighted by Gasteiger charge is -2.37. The fourth-order valence-electron chi connectivity index (χ4n) is 2.45. The van der Waals surface area contributed by atoms with Gasteiger partial charge in [-0.25, -0.2) is 0 Å². The first-order chi connectivity index (χ1) is 8.02. The summed E-state index contributed by atoms with van der Waals surface area (Å²) in [4.78, 5) is 5.11. The molecule has 0 aromatic carbocycles. The summed E-state index contributed by atoms with van der Waals surface area (Å²) in [5.41, 5.74) is 6.22. The first kappa shape index (κ1) is 14.9. The first-order valence-corrected chi connectivity index (χ1v) is 7.23. The molecule has 0 aliphatic carbocycles. The van der Waals surface area contributed by atoms with E-state index in [4.69, 9.17) is 5.73 Å². The Hall–Kier alpha value is -0.120. The van der Waals surface area contributed by atoms with E-state index in [1.807, 2.05) is 0 Å². The van der Waals surface area contributed by atoms with Crippen LogP contribution in [-0.4, -0.2) is 55.1 Å². The average molecular weight is 241 g/mol. The van der Waals surface area contributed by atoms with Gasteiger partial charge in [0.2, 0.25) is 0 Å². The maximum Gasteiger partial charge on any atom is 0.0193 e. The molecular formula is C14H31N3. The number of hydrogen-bond acceptors (Lipinski definition) is 3. The zero-order chi connectivity index (χ0) is 12.8. The van der Waals surface area contributed by atoms with Gasteiger partial charge < -0.3 is 10.6 Å². The quantitative estimate of drug-likeness (QED) is 0.767. The second-order valence-corrected chi connectivity index (χ2v) is 6.04. The third kappa shape index (κ3) is 5.36. The lowest BCUT2D eigenvalue weighted by molar-refractivity contribution is 0.112. The van der Waals surface area contributed by atoms with E-state index in [1.165, 1.54) is 39.1 Å².